The van der Waals surface area contributed by atoms with Crippen molar-refractivity contribution in [1.82, 2.24) is 4.31 Å². The van der Waals surface area contributed by atoms with E-state index in [-0.39, 0.29) is 31.6 Å². The lowest BCUT2D eigenvalue weighted by molar-refractivity contribution is -0.0750. The van der Waals surface area contributed by atoms with E-state index in [2.05, 4.69) is 0 Å². The van der Waals surface area contributed by atoms with E-state index in [1.165, 1.54) is 28.6 Å². The Bertz CT molecular complexity index is 546. The van der Waals surface area contributed by atoms with Crippen LogP contribution in [0.3, 0.4) is 0 Å². The Kier molecular flexibility index (Phi) is 4.74. The predicted octanol–water partition coefficient (Wildman–Crippen LogP) is 0.737. The van der Waals surface area contributed by atoms with Gasteiger partial charge in [-0.2, -0.15) is 4.31 Å². The molecule has 0 bridgehead atoms. The fraction of sp³-hybridized carbons (Fsp3) is 0.538. The molecule has 0 amide bonds. The zero-order valence-electron chi connectivity index (χ0n) is 11.2. The summed E-state index contributed by atoms with van der Waals surface area (Å²) in [6.07, 6.45) is -0.759. The lowest BCUT2D eigenvalue weighted by Crippen LogP contribution is -2.50. The molecule has 0 radical (unpaired) electrons. The van der Waals surface area contributed by atoms with Crippen molar-refractivity contribution in [2.75, 3.05) is 19.7 Å². The topological polar surface area (TPSA) is 66.8 Å². The molecule has 7 heteroatoms. The Balaban J connectivity index is 2.11. The van der Waals surface area contributed by atoms with Crippen LogP contribution >= 0.6 is 0 Å². The van der Waals surface area contributed by atoms with Gasteiger partial charge in [0.15, 0.2) is 0 Å². The molecular formula is C13H18FNO4S. The minimum absolute atomic E-state index is 0.143. The summed E-state index contributed by atoms with van der Waals surface area (Å²) >= 11 is 0. The number of benzene rings is 1. The van der Waals surface area contributed by atoms with Gasteiger partial charge in [-0.05, 0) is 24.6 Å². The van der Waals surface area contributed by atoms with Crippen molar-refractivity contribution in [2.45, 2.75) is 24.9 Å². The normalized spacial score (nSPS) is 24.8. The SMILES string of the molecule is CC1CN(S(=O)(=O)Cc2ccc(F)cc2)CC(CO)O1. The summed E-state index contributed by atoms with van der Waals surface area (Å²) in [4.78, 5) is 0. The second-order valence-corrected chi connectivity index (χ2v) is 6.92. The van der Waals surface area contributed by atoms with E-state index in [9.17, 15) is 12.8 Å². The van der Waals surface area contributed by atoms with Gasteiger partial charge in [0.25, 0.3) is 0 Å². The van der Waals surface area contributed by atoms with Crippen LogP contribution in [0.25, 0.3) is 0 Å². The second kappa shape index (κ2) is 6.17. The maximum atomic E-state index is 12.8. The maximum absolute atomic E-state index is 12.8. The lowest BCUT2D eigenvalue weighted by atomic mass is 10.2. The third-order valence-electron chi connectivity index (χ3n) is 3.15. The molecule has 2 unspecified atom stereocenters. The molecule has 112 valence electrons. The van der Waals surface area contributed by atoms with E-state index < -0.39 is 21.9 Å². The Morgan fingerprint density at radius 2 is 2.00 bits per heavy atom. The van der Waals surface area contributed by atoms with Gasteiger partial charge in [0.2, 0.25) is 10.0 Å². The fourth-order valence-electron chi connectivity index (χ4n) is 2.21. The van der Waals surface area contributed by atoms with Crippen molar-refractivity contribution < 1.29 is 22.7 Å². The first kappa shape index (κ1) is 15.4. The number of aliphatic hydroxyl groups excluding tert-OH is 1. The largest absolute Gasteiger partial charge is 0.394 e. The van der Waals surface area contributed by atoms with E-state index in [0.29, 0.717) is 5.56 Å². The van der Waals surface area contributed by atoms with Gasteiger partial charge in [0.05, 0.1) is 24.6 Å². The minimum Gasteiger partial charge on any atom is -0.394 e. The molecule has 0 saturated carbocycles. The molecule has 1 heterocycles. The number of hydrogen-bond donors (Lipinski definition) is 1. The van der Waals surface area contributed by atoms with Crippen LogP contribution < -0.4 is 0 Å². The van der Waals surface area contributed by atoms with Gasteiger partial charge in [-0.25, -0.2) is 12.8 Å². The fourth-order valence-corrected chi connectivity index (χ4v) is 3.84. The molecule has 1 aromatic rings. The molecule has 2 atom stereocenters. The Labute approximate surface area is 118 Å². The number of nitrogens with zero attached hydrogens (tertiary/aromatic N) is 1. The number of halogens is 1. The lowest BCUT2D eigenvalue weighted by Gasteiger charge is -2.35. The molecule has 0 aromatic heterocycles. The number of ether oxygens (including phenoxy) is 1. The van der Waals surface area contributed by atoms with Crippen molar-refractivity contribution >= 4 is 10.0 Å². The molecule has 0 spiro atoms. The predicted molar refractivity (Wildman–Crippen MR) is 72.0 cm³/mol. The average molecular weight is 303 g/mol. The number of morpholine rings is 1. The summed E-state index contributed by atoms with van der Waals surface area (Å²) in [5, 5.41) is 9.12. The highest BCUT2D eigenvalue weighted by Crippen LogP contribution is 2.18. The molecular weight excluding hydrogens is 285 g/mol. The smallest absolute Gasteiger partial charge is 0.218 e. The Morgan fingerprint density at radius 3 is 2.60 bits per heavy atom. The number of rotatable bonds is 4. The van der Waals surface area contributed by atoms with Crippen molar-refractivity contribution in [3.8, 4) is 0 Å². The zero-order chi connectivity index (χ0) is 14.8. The van der Waals surface area contributed by atoms with Crippen LogP contribution in [-0.2, 0) is 20.5 Å². The summed E-state index contributed by atoms with van der Waals surface area (Å²) in [5.41, 5.74) is 0.533. The number of sulfonamides is 1. The first-order valence-electron chi connectivity index (χ1n) is 6.39. The van der Waals surface area contributed by atoms with E-state index >= 15 is 0 Å². The molecule has 2 rings (SSSR count). The van der Waals surface area contributed by atoms with Crippen molar-refractivity contribution in [2.24, 2.45) is 0 Å². The molecule has 5 nitrogen and oxygen atoms in total. The molecule has 1 aliphatic heterocycles. The zero-order valence-corrected chi connectivity index (χ0v) is 12.0. The van der Waals surface area contributed by atoms with Gasteiger partial charge in [0.1, 0.15) is 5.82 Å². The minimum atomic E-state index is -3.51. The molecule has 0 aliphatic carbocycles. The summed E-state index contributed by atoms with van der Waals surface area (Å²) in [6, 6.07) is 5.40. The van der Waals surface area contributed by atoms with Crippen LogP contribution in [0.5, 0.6) is 0 Å². The molecule has 1 saturated heterocycles. The Hall–Kier alpha value is -1.02. The summed E-state index contributed by atoms with van der Waals surface area (Å²) < 4.78 is 44.2. The van der Waals surface area contributed by atoms with Crippen LogP contribution in [0.1, 0.15) is 12.5 Å². The first-order chi connectivity index (χ1) is 9.40. The van der Waals surface area contributed by atoms with Gasteiger partial charge in [-0.3, -0.25) is 0 Å². The van der Waals surface area contributed by atoms with Crippen LogP contribution in [0.4, 0.5) is 4.39 Å². The molecule has 1 aromatic carbocycles. The van der Waals surface area contributed by atoms with E-state index in [1.807, 2.05) is 0 Å². The van der Waals surface area contributed by atoms with Gasteiger partial charge < -0.3 is 9.84 Å². The number of aliphatic hydroxyl groups is 1. The Morgan fingerprint density at radius 1 is 1.35 bits per heavy atom. The molecule has 1 N–H and O–H groups in total. The van der Waals surface area contributed by atoms with Crippen LogP contribution in [0, 0.1) is 5.82 Å². The third kappa shape index (κ3) is 3.76. The summed E-state index contributed by atoms with van der Waals surface area (Å²) in [6.45, 7) is 1.96. The maximum Gasteiger partial charge on any atom is 0.218 e. The average Bonchev–Trinajstić information content (AvgIpc) is 2.40. The van der Waals surface area contributed by atoms with E-state index in [0.717, 1.165) is 0 Å². The standard InChI is InChI=1S/C13H18FNO4S/c1-10-6-15(7-13(8-16)19-10)20(17,18)9-11-2-4-12(14)5-3-11/h2-5,10,13,16H,6-9H2,1H3. The van der Waals surface area contributed by atoms with E-state index in [4.69, 9.17) is 9.84 Å². The highest BCUT2D eigenvalue weighted by Gasteiger charge is 2.32. The van der Waals surface area contributed by atoms with Crippen molar-refractivity contribution in [1.29, 1.82) is 0 Å². The second-order valence-electron chi connectivity index (χ2n) is 4.95. The van der Waals surface area contributed by atoms with Gasteiger partial charge in [-0.15, -0.1) is 0 Å². The first-order valence-corrected chi connectivity index (χ1v) is 8.00. The third-order valence-corrected chi connectivity index (χ3v) is 4.94. The quantitative estimate of drug-likeness (QED) is 0.891. The number of hydrogen-bond acceptors (Lipinski definition) is 4. The molecule has 1 fully saturated rings. The van der Waals surface area contributed by atoms with Gasteiger partial charge >= 0.3 is 0 Å². The summed E-state index contributed by atoms with van der Waals surface area (Å²) in [7, 11) is -3.51. The van der Waals surface area contributed by atoms with Crippen LogP contribution in [0.2, 0.25) is 0 Å². The van der Waals surface area contributed by atoms with Gasteiger partial charge in [0, 0.05) is 13.1 Å². The highest BCUT2D eigenvalue weighted by molar-refractivity contribution is 7.88. The molecule has 1 aliphatic rings. The monoisotopic (exact) mass is 303 g/mol. The van der Waals surface area contributed by atoms with E-state index in [1.54, 1.807) is 6.92 Å². The van der Waals surface area contributed by atoms with Crippen molar-refractivity contribution in [3.05, 3.63) is 35.6 Å². The van der Waals surface area contributed by atoms with Crippen LogP contribution in [-0.4, -0.2) is 49.7 Å². The van der Waals surface area contributed by atoms with Crippen molar-refractivity contribution in [3.63, 3.8) is 0 Å². The van der Waals surface area contributed by atoms with Crippen LogP contribution in [0.15, 0.2) is 24.3 Å². The van der Waals surface area contributed by atoms with Gasteiger partial charge in [-0.1, -0.05) is 12.1 Å². The molecule has 20 heavy (non-hydrogen) atoms. The highest BCUT2D eigenvalue weighted by atomic mass is 32.2. The summed E-state index contributed by atoms with van der Waals surface area (Å²) in [5.74, 6) is -0.579.